The Labute approximate surface area is 90.8 Å². The Kier molecular flexibility index (Phi) is 2.61. The van der Waals surface area contributed by atoms with Crippen molar-refractivity contribution in [2.24, 2.45) is 0 Å². The van der Waals surface area contributed by atoms with E-state index in [4.69, 9.17) is 9.84 Å². The standard InChI is InChI=1S/C9H11N3O4/c13-7(6-1-3-10-12-6)11-9(8(14)15)2-4-16-5-9/h1,3H,2,4-5H2,(H,10,12)(H,11,13)(H,14,15). The molecule has 1 atom stereocenters. The molecule has 3 N–H and O–H groups in total. The number of amides is 1. The first-order valence-corrected chi connectivity index (χ1v) is 4.77. The van der Waals surface area contributed by atoms with Gasteiger partial charge in [-0.15, -0.1) is 0 Å². The molecule has 2 heterocycles. The van der Waals surface area contributed by atoms with Crippen LogP contribution in [-0.2, 0) is 9.53 Å². The van der Waals surface area contributed by atoms with Gasteiger partial charge in [0.1, 0.15) is 5.69 Å². The molecule has 7 heteroatoms. The van der Waals surface area contributed by atoms with Crippen LogP contribution in [0.3, 0.4) is 0 Å². The smallest absolute Gasteiger partial charge is 0.331 e. The van der Waals surface area contributed by atoms with E-state index in [2.05, 4.69) is 15.5 Å². The fourth-order valence-electron chi connectivity index (χ4n) is 1.55. The van der Waals surface area contributed by atoms with Crippen molar-refractivity contribution in [1.82, 2.24) is 15.5 Å². The van der Waals surface area contributed by atoms with Gasteiger partial charge in [-0.05, 0) is 6.07 Å². The molecule has 1 aliphatic heterocycles. The van der Waals surface area contributed by atoms with Gasteiger partial charge >= 0.3 is 5.97 Å². The molecular formula is C9H11N3O4. The number of hydrogen-bond donors (Lipinski definition) is 3. The minimum atomic E-state index is -1.32. The molecule has 16 heavy (non-hydrogen) atoms. The van der Waals surface area contributed by atoms with Gasteiger partial charge in [-0.25, -0.2) is 4.79 Å². The van der Waals surface area contributed by atoms with Crippen LogP contribution in [0.4, 0.5) is 0 Å². The predicted molar refractivity (Wildman–Crippen MR) is 51.9 cm³/mol. The van der Waals surface area contributed by atoms with Crippen LogP contribution in [-0.4, -0.2) is 45.9 Å². The summed E-state index contributed by atoms with van der Waals surface area (Å²) in [6.07, 6.45) is 1.69. The normalized spacial score (nSPS) is 24.2. The number of H-pyrrole nitrogens is 1. The van der Waals surface area contributed by atoms with Gasteiger partial charge in [0.2, 0.25) is 0 Å². The zero-order chi connectivity index (χ0) is 11.6. The summed E-state index contributed by atoms with van der Waals surface area (Å²) in [4.78, 5) is 22.8. The summed E-state index contributed by atoms with van der Waals surface area (Å²) in [6.45, 7) is 0.317. The Bertz CT molecular complexity index is 395. The first kappa shape index (κ1) is 10.6. The third-order valence-electron chi connectivity index (χ3n) is 2.53. The molecule has 0 radical (unpaired) electrons. The number of nitrogens with one attached hydrogen (secondary N) is 2. The molecule has 1 aliphatic rings. The highest BCUT2D eigenvalue weighted by molar-refractivity contribution is 5.96. The van der Waals surface area contributed by atoms with Crippen molar-refractivity contribution in [2.75, 3.05) is 13.2 Å². The molecule has 0 aliphatic carbocycles. The van der Waals surface area contributed by atoms with E-state index in [1.807, 2.05) is 0 Å². The molecule has 1 amide bonds. The van der Waals surface area contributed by atoms with E-state index in [9.17, 15) is 9.59 Å². The van der Waals surface area contributed by atoms with Crippen molar-refractivity contribution >= 4 is 11.9 Å². The van der Waals surface area contributed by atoms with E-state index in [0.29, 0.717) is 6.61 Å². The van der Waals surface area contributed by atoms with E-state index in [0.717, 1.165) is 0 Å². The quantitative estimate of drug-likeness (QED) is 0.636. The van der Waals surface area contributed by atoms with Crippen LogP contribution in [0.15, 0.2) is 12.3 Å². The number of carboxylic acid groups (broad SMARTS) is 1. The fraction of sp³-hybridized carbons (Fsp3) is 0.444. The van der Waals surface area contributed by atoms with Gasteiger partial charge < -0.3 is 15.2 Å². The molecule has 1 aromatic heterocycles. The van der Waals surface area contributed by atoms with Crippen molar-refractivity contribution < 1.29 is 19.4 Å². The summed E-state index contributed by atoms with van der Waals surface area (Å²) in [5, 5.41) is 17.6. The first-order valence-electron chi connectivity index (χ1n) is 4.77. The van der Waals surface area contributed by atoms with Crippen LogP contribution in [0.25, 0.3) is 0 Å². The number of hydrogen-bond acceptors (Lipinski definition) is 4. The minimum absolute atomic E-state index is 0.0117. The highest BCUT2D eigenvalue weighted by atomic mass is 16.5. The molecule has 1 unspecified atom stereocenters. The highest BCUT2D eigenvalue weighted by Crippen LogP contribution is 2.19. The lowest BCUT2D eigenvalue weighted by atomic mass is 9.99. The lowest BCUT2D eigenvalue weighted by Crippen LogP contribution is -2.55. The van der Waals surface area contributed by atoms with Gasteiger partial charge in [-0.2, -0.15) is 5.10 Å². The second-order valence-corrected chi connectivity index (χ2v) is 3.61. The van der Waals surface area contributed by atoms with Crippen LogP contribution in [0.1, 0.15) is 16.9 Å². The lowest BCUT2D eigenvalue weighted by molar-refractivity contribution is -0.144. The Balaban J connectivity index is 2.13. The van der Waals surface area contributed by atoms with Crippen molar-refractivity contribution in [2.45, 2.75) is 12.0 Å². The summed E-state index contributed by atoms with van der Waals surface area (Å²) in [5.41, 5.74) is -1.09. The van der Waals surface area contributed by atoms with E-state index >= 15 is 0 Å². The highest BCUT2D eigenvalue weighted by Gasteiger charge is 2.44. The van der Waals surface area contributed by atoms with Crippen LogP contribution >= 0.6 is 0 Å². The second-order valence-electron chi connectivity index (χ2n) is 3.61. The molecule has 0 spiro atoms. The van der Waals surface area contributed by atoms with Crippen molar-refractivity contribution in [1.29, 1.82) is 0 Å². The van der Waals surface area contributed by atoms with Crippen molar-refractivity contribution in [3.05, 3.63) is 18.0 Å². The molecule has 1 aromatic rings. The zero-order valence-electron chi connectivity index (χ0n) is 8.40. The van der Waals surface area contributed by atoms with Gasteiger partial charge in [0, 0.05) is 19.2 Å². The summed E-state index contributed by atoms with van der Waals surface area (Å²) in [6, 6.07) is 1.47. The maximum Gasteiger partial charge on any atom is 0.331 e. The van der Waals surface area contributed by atoms with Crippen LogP contribution in [0.2, 0.25) is 0 Å². The summed E-state index contributed by atoms with van der Waals surface area (Å²) in [7, 11) is 0. The molecule has 1 fully saturated rings. The number of rotatable bonds is 3. The predicted octanol–water partition coefficient (Wildman–Crippen LogP) is -0.617. The Morgan fingerprint density at radius 2 is 2.44 bits per heavy atom. The van der Waals surface area contributed by atoms with Gasteiger partial charge in [-0.1, -0.05) is 0 Å². The zero-order valence-corrected chi connectivity index (χ0v) is 8.40. The molecular weight excluding hydrogens is 214 g/mol. The van der Waals surface area contributed by atoms with Crippen molar-refractivity contribution in [3.63, 3.8) is 0 Å². The van der Waals surface area contributed by atoms with Crippen LogP contribution in [0.5, 0.6) is 0 Å². The van der Waals surface area contributed by atoms with Gasteiger partial charge in [-0.3, -0.25) is 9.89 Å². The number of carbonyl (C=O) groups excluding carboxylic acids is 1. The molecule has 0 saturated carbocycles. The molecule has 1 saturated heterocycles. The van der Waals surface area contributed by atoms with Crippen LogP contribution in [0, 0.1) is 0 Å². The number of aromatic nitrogens is 2. The number of aromatic amines is 1. The second kappa shape index (κ2) is 3.93. The van der Waals surface area contributed by atoms with Crippen molar-refractivity contribution in [3.8, 4) is 0 Å². The maximum absolute atomic E-state index is 11.7. The summed E-state index contributed by atoms with van der Waals surface area (Å²) >= 11 is 0. The number of aliphatic carboxylic acids is 1. The molecule has 86 valence electrons. The number of carboxylic acids is 1. The first-order chi connectivity index (χ1) is 7.64. The molecule has 0 aromatic carbocycles. The van der Waals surface area contributed by atoms with Gasteiger partial charge in [0.05, 0.1) is 6.61 Å². The van der Waals surface area contributed by atoms with Gasteiger partial charge in [0.25, 0.3) is 5.91 Å². The Morgan fingerprint density at radius 3 is 2.94 bits per heavy atom. The van der Waals surface area contributed by atoms with E-state index in [-0.39, 0.29) is 18.7 Å². The lowest BCUT2D eigenvalue weighted by Gasteiger charge is -2.23. The average Bonchev–Trinajstić information content (AvgIpc) is 2.88. The average molecular weight is 225 g/mol. The molecule has 7 nitrogen and oxygen atoms in total. The van der Waals surface area contributed by atoms with E-state index in [1.165, 1.54) is 12.3 Å². The summed E-state index contributed by atoms with van der Waals surface area (Å²) < 4.78 is 5.02. The number of carbonyl (C=O) groups is 2. The van der Waals surface area contributed by atoms with Crippen LogP contribution < -0.4 is 5.32 Å². The third kappa shape index (κ3) is 1.76. The Hall–Kier alpha value is -1.89. The Morgan fingerprint density at radius 1 is 1.62 bits per heavy atom. The summed E-state index contributed by atoms with van der Waals surface area (Å²) in [5.74, 6) is -1.58. The fourth-order valence-corrected chi connectivity index (χ4v) is 1.55. The molecule has 2 rings (SSSR count). The topological polar surface area (TPSA) is 104 Å². The van der Waals surface area contributed by atoms with Gasteiger partial charge in [0.15, 0.2) is 5.54 Å². The number of ether oxygens (including phenoxy) is 1. The van der Waals surface area contributed by atoms with E-state index in [1.54, 1.807) is 0 Å². The third-order valence-corrected chi connectivity index (χ3v) is 2.53. The SMILES string of the molecule is O=C(NC1(C(=O)O)CCOC1)c1ccn[nH]1. The number of nitrogens with zero attached hydrogens (tertiary/aromatic N) is 1. The monoisotopic (exact) mass is 225 g/mol. The minimum Gasteiger partial charge on any atom is -0.479 e. The maximum atomic E-state index is 11.7. The molecule has 0 bridgehead atoms. The van der Waals surface area contributed by atoms with E-state index < -0.39 is 17.4 Å². The largest absolute Gasteiger partial charge is 0.479 e.